The van der Waals surface area contributed by atoms with Gasteiger partial charge in [0.2, 0.25) is 4.80 Å². The van der Waals surface area contributed by atoms with Crippen molar-refractivity contribution in [2.24, 2.45) is 4.99 Å². The Kier molecular flexibility index (Phi) is 6.75. The number of hydrogen-bond acceptors (Lipinski definition) is 5. The van der Waals surface area contributed by atoms with E-state index in [-0.39, 0.29) is 9.80 Å². The summed E-state index contributed by atoms with van der Waals surface area (Å²) >= 11 is 0.862. The number of nitro groups is 1. The Labute approximate surface area is 171 Å². The van der Waals surface area contributed by atoms with Crippen molar-refractivity contribution in [2.45, 2.75) is 20.1 Å². The molecule has 0 aliphatic heterocycles. The van der Waals surface area contributed by atoms with Crippen LogP contribution in [0, 0.1) is 10.1 Å². The molecular weight excluding hydrogens is 392 g/mol. The molecule has 0 bridgehead atoms. The zero-order valence-corrected chi connectivity index (χ0v) is 16.6. The molecule has 29 heavy (non-hydrogen) atoms. The summed E-state index contributed by atoms with van der Waals surface area (Å²) in [7, 11) is 0. The monoisotopic (exact) mass is 412 g/mol. The molecule has 1 N–H and O–H groups in total. The van der Waals surface area contributed by atoms with Crippen LogP contribution in [-0.2, 0) is 13.2 Å². The highest BCUT2D eigenvalue weighted by Gasteiger charge is 2.13. The predicted octanol–water partition coefficient (Wildman–Crippen LogP) is 3.72. The van der Waals surface area contributed by atoms with Gasteiger partial charge in [-0.2, -0.15) is 4.99 Å². The zero-order chi connectivity index (χ0) is 20.6. The Morgan fingerprint density at radius 2 is 1.90 bits per heavy atom. The van der Waals surface area contributed by atoms with Crippen molar-refractivity contribution in [2.75, 3.05) is 6.54 Å². The van der Waals surface area contributed by atoms with E-state index in [4.69, 9.17) is 4.74 Å². The SMILES string of the molecule is CCNC(=O)/N=c1\sc([N+](=O)[O-])cn1Cc1ccc(OCc2ccccc2)cc1. The summed E-state index contributed by atoms with van der Waals surface area (Å²) in [5.41, 5.74) is 1.98. The fraction of sp³-hybridized carbons (Fsp3) is 0.200. The van der Waals surface area contributed by atoms with Crippen LogP contribution in [0.5, 0.6) is 5.75 Å². The topological polar surface area (TPSA) is 98.8 Å². The highest BCUT2D eigenvalue weighted by Crippen LogP contribution is 2.18. The van der Waals surface area contributed by atoms with E-state index >= 15 is 0 Å². The number of ether oxygens (including phenoxy) is 1. The minimum atomic E-state index is -0.525. The normalized spacial score (nSPS) is 11.3. The predicted molar refractivity (Wildman–Crippen MR) is 110 cm³/mol. The van der Waals surface area contributed by atoms with Crippen molar-refractivity contribution in [3.8, 4) is 5.75 Å². The molecule has 0 aliphatic carbocycles. The zero-order valence-electron chi connectivity index (χ0n) is 15.8. The lowest BCUT2D eigenvalue weighted by molar-refractivity contribution is -0.380. The number of thiazole rings is 1. The van der Waals surface area contributed by atoms with E-state index in [1.54, 1.807) is 11.5 Å². The number of hydrogen-bond donors (Lipinski definition) is 1. The van der Waals surface area contributed by atoms with Crippen LogP contribution >= 0.6 is 11.3 Å². The largest absolute Gasteiger partial charge is 0.489 e. The Morgan fingerprint density at radius 1 is 1.17 bits per heavy atom. The molecular formula is C20H20N4O4S. The van der Waals surface area contributed by atoms with Crippen LogP contribution < -0.4 is 14.9 Å². The van der Waals surface area contributed by atoms with Crippen LogP contribution in [0.2, 0.25) is 0 Å². The molecule has 3 rings (SSSR count). The lowest BCUT2D eigenvalue weighted by Gasteiger charge is -2.08. The van der Waals surface area contributed by atoms with Crippen LogP contribution in [0.4, 0.5) is 9.80 Å². The van der Waals surface area contributed by atoms with Crippen LogP contribution in [0.15, 0.2) is 65.8 Å². The minimum absolute atomic E-state index is 0.0733. The first kappa shape index (κ1) is 20.3. The van der Waals surface area contributed by atoms with Crippen molar-refractivity contribution < 1.29 is 14.5 Å². The smallest absolute Gasteiger partial charge is 0.343 e. The summed E-state index contributed by atoms with van der Waals surface area (Å²) in [5.74, 6) is 0.728. The van der Waals surface area contributed by atoms with Crippen molar-refractivity contribution in [3.05, 3.63) is 86.8 Å². The number of carbonyl (C=O) groups excluding carboxylic acids is 1. The van der Waals surface area contributed by atoms with Gasteiger partial charge in [0.15, 0.2) is 0 Å². The van der Waals surface area contributed by atoms with Gasteiger partial charge in [-0.1, -0.05) is 42.5 Å². The molecule has 0 fully saturated rings. The van der Waals surface area contributed by atoms with Crippen LogP contribution in [0.25, 0.3) is 0 Å². The molecule has 150 valence electrons. The van der Waals surface area contributed by atoms with Gasteiger partial charge in [0.05, 0.1) is 17.7 Å². The number of carbonyl (C=O) groups is 1. The first-order chi connectivity index (χ1) is 14.0. The summed E-state index contributed by atoms with van der Waals surface area (Å²) < 4.78 is 7.37. The average molecular weight is 412 g/mol. The minimum Gasteiger partial charge on any atom is -0.489 e. The molecule has 1 heterocycles. The first-order valence-electron chi connectivity index (χ1n) is 8.98. The van der Waals surface area contributed by atoms with E-state index in [9.17, 15) is 14.9 Å². The summed E-state index contributed by atoms with van der Waals surface area (Å²) in [6.07, 6.45) is 1.39. The second-order valence-corrected chi connectivity index (χ2v) is 7.09. The molecule has 0 unspecified atom stereocenters. The summed E-state index contributed by atoms with van der Waals surface area (Å²) in [5, 5.41) is 13.6. The molecule has 2 aromatic carbocycles. The molecule has 0 saturated carbocycles. The van der Waals surface area contributed by atoms with Crippen molar-refractivity contribution in [3.63, 3.8) is 0 Å². The number of rotatable bonds is 7. The quantitative estimate of drug-likeness (QED) is 0.472. The maximum Gasteiger partial charge on any atom is 0.343 e. The maximum absolute atomic E-state index is 11.8. The van der Waals surface area contributed by atoms with Gasteiger partial charge in [0.1, 0.15) is 12.4 Å². The van der Waals surface area contributed by atoms with Gasteiger partial charge in [-0.05, 0) is 41.5 Å². The molecule has 8 nitrogen and oxygen atoms in total. The number of nitrogens with one attached hydrogen (secondary N) is 1. The molecule has 2 amide bonds. The van der Waals surface area contributed by atoms with Crippen LogP contribution in [0.3, 0.4) is 0 Å². The highest BCUT2D eigenvalue weighted by atomic mass is 32.1. The van der Waals surface area contributed by atoms with E-state index in [1.807, 2.05) is 54.6 Å². The Morgan fingerprint density at radius 3 is 2.55 bits per heavy atom. The van der Waals surface area contributed by atoms with E-state index in [2.05, 4.69) is 10.3 Å². The van der Waals surface area contributed by atoms with Gasteiger partial charge in [-0.25, -0.2) is 4.79 Å². The number of nitrogens with zero attached hydrogens (tertiary/aromatic N) is 3. The number of benzene rings is 2. The van der Waals surface area contributed by atoms with E-state index in [0.29, 0.717) is 19.7 Å². The molecule has 0 saturated heterocycles. The molecule has 0 radical (unpaired) electrons. The van der Waals surface area contributed by atoms with Gasteiger partial charge in [0, 0.05) is 6.54 Å². The lowest BCUT2D eigenvalue weighted by Crippen LogP contribution is -2.24. The number of aromatic nitrogens is 1. The molecule has 3 aromatic rings. The molecule has 1 aromatic heterocycles. The van der Waals surface area contributed by atoms with Crippen LogP contribution in [-0.4, -0.2) is 22.1 Å². The number of amides is 2. The summed E-state index contributed by atoms with van der Waals surface area (Å²) in [4.78, 5) is 26.6. The number of urea groups is 1. The first-order valence-corrected chi connectivity index (χ1v) is 9.79. The van der Waals surface area contributed by atoms with Crippen molar-refractivity contribution >= 4 is 22.4 Å². The Balaban J connectivity index is 1.73. The van der Waals surface area contributed by atoms with E-state index in [1.165, 1.54) is 6.20 Å². The summed E-state index contributed by atoms with van der Waals surface area (Å²) in [6, 6.07) is 16.8. The fourth-order valence-corrected chi connectivity index (χ4v) is 3.36. The fourth-order valence-electron chi connectivity index (χ4n) is 2.56. The Hall–Kier alpha value is -3.46. The van der Waals surface area contributed by atoms with Crippen molar-refractivity contribution in [1.82, 2.24) is 9.88 Å². The third kappa shape index (κ3) is 5.76. The van der Waals surface area contributed by atoms with Gasteiger partial charge in [0.25, 0.3) is 0 Å². The molecule has 0 atom stereocenters. The molecule has 0 spiro atoms. The second kappa shape index (κ2) is 9.65. The van der Waals surface area contributed by atoms with E-state index in [0.717, 1.165) is 28.2 Å². The maximum atomic E-state index is 11.8. The third-order valence-electron chi connectivity index (χ3n) is 3.94. The molecule has 9 heteroatoms. The molecule has 0 aliphatic rings. The van der Waals surface area contributed by atoms with Crippen LogP contribution in [0.1, 0.15) is 18.1 Å². The lowest BCUT2D eigenvalue weighted by atomic mass is 10.2. The Bertz CT molecular complexity index is 1040. The van der Waals surface area contributed by atoms with Gasteiger partial charge in [-0.15, -0.1) is 0 Å². The third-order valence-corrected chi connectivity index (χ3v) is 4.91. The van der Waals surface area contributed by atoms with Gasteiger partial charge < -0.3 is 14.6 Å². The average Bonchev–Trinajstić information content (AvgIpc) is 3.11. The second-order valence-electron chi connectivity index (χ2n) is 6.10. The summed E-state index contributed by atoms with van der Waals surface area (Å²) in [6.45, 7) is 3.03. The van der Waals surface area contributed by atoms with Crippen molar-refractivity contribution in [1.29, 1.82) is 0 Å². The standard InChI is InChI=1S/C20H20N4O4S/c1-2-21-19(25)22-20-23(13-18(29-20)24(26)27)12-15-8-10-17(11-9-15)28-14-16-6-4-3-5-7-16/h3-11,13H,2,12,14H2,1H3,(H,21,25)/b22-20-. The highest BCUT2D eigenvalue weighted by molar-refractivity contribution is 7.12. The van der Waals surface area contributed by atoms with Gasteiger partial charge >= 0.3 is 11.0 Å². The van der Waals surface area contributed by atoms with Gasteiger partial charge in [-0.3, -0.25) is 10.1 Å². The van der Waals surface area contributed by atoms with E-state index < -0.39 is 11.0 Å².